The maximum absolute atomic E-state index is 12.0. The Labute approximate surface area is 118 Å². The summed E-state index contributed by atoms with van der Waals surface area (Å²) < 4.78 is 26.5. The number of anilines is 1. The zero-order valence-corrected chi connectivity index (χ0v) is 12.4. The van der Waals surface area contributed by atoms with Crippen LogP contribution in [0.4, 0.5) is 5.69 Å². The number of nitrogens with one attached hydrogen (secondary N) is 1. The molecule has 0 atom stereocenters. The second-order valence-electron chi connectivity index (χ2n) is 3.88. The first kappa shape index (κ1) is 15.6. The molecule has 0 heterocycles. The van der Waals surface area contributed by atoms with Crippen LogP contribution >= 0.6 is 23.2 Å². The highest BCUT2D eigenvalue weighted by molar-refractivity contribution is 7.89. The summed E-state index contributed by atoms with van der Waals surface area (Å²) in [6, 6.07) is 2.77. The van der Waals surface area contributed by atoms with Gasteiger partial charge in [-0.15, -0.1) is 0 Å². The first-order chi connectivity index (χ1) is 8.40. The van der Waals surface area contributed by atoms with Gasteiger partial charge in [-0.1, -0.05) is 43.0 Å². The van der Waals surface area contributed by atoms with Gasteiger partial charge in [-0.25, -0.2) is 13.1 Å². The molecule has 0 spiro atoms. The van der Waals surface area contributed by atoms with E-state index < -0.39 is 10.0 Å². The van der Waals surface area contributed by atoms with Gasteiger partial charge in [0.2, 0.25) is 10.0 Å². The van der Waals surface area contributed by atoms with Crippen molar-refractivity contribution in [2.24, 2.45) is 0 Å². The molecule has 0 unspecified atom stereocenters. The van der Waals surface area contributed by atoms with E-state index in [1.54, 1.807) is 0 Å². The van der Waals surface area contributed by atoms with Crippen molar-refractivity contribution in [3.63, 3.8) is 0 Å². The molecule has 0 bridgehead atoms. The lowest BCUT2D eigenvalue weighted by Gasteiger charge is -2.10. The highest BCUT2D eigenvalue weighted by atomic mass is 35.5. The zero-order chi connectivity index (χ0) is 13.8. The molecule has 0 aromatic heterocycles. The quantitative estimate of drug-likeness (QED) is 0.626. The molecule has 0 fully saturated rings. The third kappa shape index (κ3) is 3.75. The van der Waals surface area contributed by atoms with E-state index in [4.69, 9.17) is 28.9 Å². The smallest absolute Gasteiger partial charge is 0.242 e. The lowest BCUT2D eigenvalue weighted by molar-refractivity contribution is 0.576. The molecule has 1 aromatic carbocycles. The van der Waals surface area contributed by atoms with Crippen LogP contribution in [-0.4, -0.2) is 15.0 Å². The van der Waals surface area contributed by atoms with Crippen LogP contribution in [0.15, 0.2) is 17.0 Å². The standard InChI is InChI=1S/C11H16Cl2N2O2S/c1-2-3-4-7-15-18(16,17)9-6-5-8(12)11(14)10(9)13/h5-6,15H,2-4,7,14H2,1H3. The van der Waals surface area contributed by atoms with E-state index in [0.717, 1.165) is 19.3 Å². The van der Waals surface area contributed by atoms with E-state index in [1.807, 2.05) is 6.92 Å². The SMILES string of the molecule is CCCCCNS(=O)(=O)c1ccc(Cl)c(N)c1Cl. The van der Waals surface area contributed by atoms with Crippen LogP contribution in [0.3, 0.4) is 0 Å². The monoisotopic (exact) mass is 310 g/mol. The van der Waals surface area contributed by atoms with Gasteiger partial charge >= 0.3 is 0 Å². The Morgan fingerprint density at radius 2 is 1.94 bits per heavy atom. The lowest BCUT2D eigenvalue weighted by Crippen LogP contribution is -2.25. The summed E-state index contributed by atoms with van der Waals surface area (Å²) in [5, 5.41) is 0.204. The first-order valence-corrected chi connectivity index (χ1v) is 7.87. The highest BCUT2D eigenvalue weighted by Crippen LogP contribution is 2.32. The Kier molecular flexibility index (Phi) is 5.72. The van der Waals surface area contributed by atoms with E-state index in [2.05, 4.69) is 4.72 Å². The molecule has 1 rings (SSSR count). The van der Waals surface area contributed by atoms with Gasteiger partial charge in [0.25, 0.3) is 0 Å². The fraction of sp³-hybridized carbons (Fsp3) is 0.455. The molecule has 3 N–H and O–H groups in total. The highest BCUT2D eigenvalue weighted by Gasteiger charge is 2.19. The number of hydrogen-bond donors (Lipinski definition) is 2. The minimum absolute atomic E-state index is 0.0366. The summed E-state index contributed by atoms with van der Waals surface area (Å²) in [5.41, 5.74) is 5.68. The van der Waals surface area contributed by atoms with Gasteiger partial charge in [-0.05, 0) is 18.6 Å². The Hall–Kier alpha value is -0.490. The molecule has 0 aliphatic rings. The number of nitrogens with two attached hydrogens (primary N) is 1. The van der Waals surface area contributed by atoms with Gasteiger partial charge in [0.15, 0.2) is 0 Å². The molecule has 0 radical (unpaired) electrons. The molecule has 1 aromatic rings. The molecule has 0 aliphatic heterocycles. The van der Waals surface area contributed by atoms with Crippen molar-refractivity contribution in [3.8, 4) is 0 Å². The summed E-state index contributed by atoms with van der Waals surface area (Å²) in [6.07, 6.45) is 2.78. The van der Waals surface area contributed by atoms with Gasteiger partial charge in [0.05, 0.1) is 15.7 Å². The predicted octanol–water partition coefficient (Wildman–Crippen LogP) is 3.04. The fourth-order valence-electron chi connectivity index (χ4n) is 1.42. The van der Waals surface area contributed by atoms with E-state index in [0.29, 0.717) is 6.54 Å². The predicted molar refractivity (Wildman–Crippen MR) is 75.6 cm³/mol. The molecular formula is C11H16Cl2N2O2S. The second kappa shape index (κ2) is 6.61. The van der Waals surface area contributed by atoms with E-state index in [-0.39, 0.29) is 20.6 Å². The van der Waals surface area contributed by atoms with Crippen molar-refractivity contribution in [1.29, 1.82) is 0 Å². The van der Waals surface area contributed by atoms with Gasteiger partial charge in [-0.3, -0.25) is 0 Å². The number of benzene rings is 1. The Morgan fingerprint density at radius 1 is 1.28 bits per heavy atom. The minimum atomic E-state index is -3.63. The Morgan fingerprint density at radius 3 is 2.56 bits per heavy atom. The van der Waals surface area contributed by atoms with Gasteiger partial charge in [0, 0.05) is 6.54 Å². The molecule has 0 amide bonds. The third-order valence-corrected chi connectivity index (χ3v) is 4.81. The average Bonchev–Trinajstić information content (AvgIpc) is 2.31. The van der Waals surface area contributed by atoms with Crippen LogP contribution in [0, 0.1) is 0 Å². The van der Waals surface area contributed by atoms with Crippen molar-refractivity contribution in [1.82, 2.24) is 4.72 Å². The zero-order valence-electron chi connectivity index (χ0n) is 10.0. The molecule has 0 aliphatic carbocycles. The van der Waals surface area contributed by atoms with Crippen molar-refractivity contribution >= 4 is 38.9 Å². The first-order valence-electron chi connectivity index (χ1n) is 5.63. The maximum atomic E-state index is 12.0. The maximum Gasteiger partial charge on any atom is 0.242 e. The minimum Gasteiger partial charge on any atom is -0.396 e. The lowest BCUT2D eigenvalue weighted by atomic mass is 10.3. The normalized spacial score (nSPS) is 11.7. The number of unbranched alkanes of at least 4 members (excludes halogenated alkanes) is 2. The molecule has 0 saturated heterocycles. The molecule has 7 heteroatoms. The molecule has 102 valence electrons. The van der Waals surface area contributed by atoms with Gasteiger partial charge < -0.3 is 5.73 Å². The Bertz CT molecular complexity index is 518. The largest absolute Gasteiger partial charge is 0.396 e. The summed E-state index contributed by atoms with van der Waals surface area (Å²) in [5.74, 6) is 0. The summed E-state index contributed by atoms with van der Waals surface area (Å²) >= 11 is 11.7. The van der Waals surface area contributed by atoms with E-state index in [9.17, 15) is 8.42 Å². The van der Waals surface area contributed by atoms with Crippen LogP contribution in [0.2, 0.25) is 10.0 Å². The number of halogens is 2. The van der Waals surface area contributed by atoms with Gasteiger partial charge in [-0.2, -0.15) is 0 Å². The number of rotatable bonds is 6. The van der Waals surface area contributed by atoms with Crippen LogP contribution in [0.5, 0.6) is 0 Å². The van der Waals surface area contributed by atoms with E-state index >= 15 is 0 Å². The average molecular weight is 311 g/mol. The number of nitrogen functional groups attached to an aromatic ring is 1. The molecule has 0 saturated carbocycles. The van der Waals surface area contributed by atoms with Crippen LogP contribution in [0.25, 0.3) is 0 Å². The topological polar surface area (TPSA) is 72.2 Å². The van der Waals surface area contributed by atoms with Crippen molar-refractivity contribution in [2.75, 3.05) is 12.3 Å². The third-order valence-electron chi connectivity index (χ3n) is 2.45. The number of hydrogen-bond acceptors (Lipinski definition) is 3. The van der Waals surface area contributed by atoms with Gasteiger partial charge in [0.1, 0.15) is 4.90 Å². The van der Waals surface area contributed by atoms with Crippen LogP contribution in [0.1, 0.15) is 26.2 Å². The second-order valence-corrected chi connectivity index (χ2v) is 6.40. The van der Waals surface area contributed by atoms with Crippen molar-refractivity contribution < 1.29 is 8.42 Å². The fourth-order valence-corrected chi connectivity index (χ4v) is 3.25. The van der Waals surface area contributed by atoms with Crippen LogP contribution < -0.4 is 10.5 Å². The van der Waals surface area contributed by atoms with E-state index in [1.165, 1.54) is 12.1 Å². The summed E-state index contributed by atoms with van der Waals surface area (Å²) in [6.45, 7) is 2.43. The Balaban J connectivity index is 2.89. The van der Waals surface area contributed by atoms with Crippen molar-refractivity contribution in [2.45, 2.75) is 31.1 Å². The number of sulfonamides is 1. The summed E-state index contributed by atoms with van der Waals surface area (Å²) in [7, 11) is -3.63. The van der Waals surface area contributed by atoms with Crippen molar-refractivity contribution in [3.05, 3.63) is 22.2 Å². The summed E-state index contributed by atoms with van der Waals surface area (Å²) in [4.78, 5) is -0.0393. The van der Waals surface area contributed by atoms with Crippen LogP contribution in [-0.2, 0) is 10.0 Å². The molecular weight excluding hydrogens is 295 g/mol. The molecule has 4 nitrogen and oxygen atoms in total. The molecule has 18 heavy (non-hydrogen) atoms.